The average Bonchev–Trinajstić information content (AvgIpc) is 3.07. The topological polar surface area (TPSA) is 44.1 Å². The van der Waals surface area contributed by atoms with Crippen molar-refractivity contribution in [2.24, 2.45) is 0 Å². The summed E-state index contributed by atoms with van der Waals surface area (Å²) in [6.07, 6.45) is 3.93. The van der Waals surface area contributed by atoms with E-state index in [2.05, 4.69) is 39.8 Å². The van der Waals surface area contributed by atoms with Crippen LogP contribution in [-0.4, -0.2) is 20.9 Å². The van der Waals surface area contributed by atoms with Gasteiger partial charge in [-0.1, -0.05) is 49.7 Å². The molecule has 6 heteroatoms. The maximum absolute atomic E-state index is 13.8. The molecule has 0 saturated carbocycles. The van der Waals surface area contributed by atoms with Gasteiger partial charge in [-0.25, -0.2) is 4.98 Å². The summed E-state index contributed by atoms with van der Waals surface area (Å²) in [6, 6.07) is 8.15. The molecule has 29 heavy (non-hydrogen) atoms. The first-order valence-electron chi connectivity index (χ1n) is 10.4. The Bertz CT molecular complexity index is 1080. The number of aromatic nitrogens is 2. The molecule has 4 nitrogen and oxygen atoms in total. The zero-order chi connectivity index (χ0) is 20.6. The highest BCUT2D eigenvalue weighted by atomic mass is 32.2. The summed E-state index contributed by atoms with van der Waals surface area (Å²) in [6.45, 7) is 9.10. The van der Waals surface area contributed by atoms with Crippen molar-refractivity contribution in [1.82, 2.24) is 9.55 Å². The number of benzene rings is 1. The lowest BCUT2D eigenvalue weighted by molar-refractivity contribution is -0.0543. The van der Waals surface area contributed by atoms with Crippen LogP contribution in [0.25, 0.3) is 15.9 Å². The zero-order valence-electron chi connectivity index (χ0n) is 17.6. The van der Waals surface area contributed by atoms with Crippen LogP contribution in [0, 0.1) is 6.92 Å². The molecule has 0 fully saturated rings. The Morgan fingerprint density at radius 1 is 1.28 bits per heavy atom. The largest absolute Gasteiger partial charge is 0.369 e. The van der Waals surface area contributed by atoms with Crippen LogP contribution >= 0.6 is 23.1 Å². The number of aryl methyl sites for hydroxylation is 1. The van der Waals surface area contributed by atoms with Gasteiger partial charge in [0, 0.05) is 17.1 Å². The second-order valence-corrected chi connectivity index (χ2v) is 10.2. The predicted molar refractivity (Wildman–Crippen MR) is 123 cm³/mol. The van der Waals surface area contributed by atoms with E-state index < -0.39 is 0 Å². The van der Waals surface area contributed by atoms with Gasteiger partial charge in [-0.2, -0.15) is 0 Å². The number of rotatable bonds is 6. The van der Waals surface area contributed by atoms with Gasteiger partial charge in [0.15, 0.2) is 5.16 Å². The Morgan fingerprint density at radius 2 is 2.03 bits per heavy atom. The molecule has 0 radical (unpaired) electrons. The van der Waals surface area contributed by atoms with E-state index >= 15 is 0 Å². The van der Waals surface area contributed by atoms with Gasteiger partial charge in [-0.15, -0.1) is 11.3 Å². The number of hydrogen-bond donors (Lipinski definition) is 0. The molecule has 1 aliphatic heterocycles. The van der Waals surface area contributed by atoms with Gasteiger partial charge in [0.05, 0.1) is 23.3 Å². The SMILES string of the molecule is CCCCSc1nc2sc3c(c2c(=O)n1-c1ccc(C)cc1)C[C@](C)(CC)OC3. The van der Waals surface area contributed by atoms with Gasteiger partial charge >= 0.3 is 0 Å². The lowest BCUT2D eigenvalue weighted by Gasteiger charge is -2.32. The molecule has 0 amide bonds. The van der Waals surface area contributed by atoms with Gasteiger partial charge in [-0.3, -0.25) is 9.36 Å². The van der Waals surface area contributed by atoms with E-state index in [9.17, 15) is 4.79 Å². The van der Waals surface area contributed by atoms with Crippen molar-refractivity contribution < 1.29 is 4.74 Å². The number of thiophene rings is 1. The zero-order valence-corrected chi connectivity index (χ0v) is 19.2. The first-order chi connectivity index (χ1) is 14.0. The van der Waals surface area contributed by atoms with Crippen LogP contribution in [0.4, 0.5) is 0 Å². The van der Waals surface area contributed by atoms with Gasteiger partial charge < -0.3 is 4.74 Å². The van der Waals surface area contributed by atoms with Crippen LogP contribution in [0.5, 0.6) is 0 Å². The molecule has 0 bridgehead atoms. The molecule has 154 valence electrons. The summed E-state index contributed by atoms with van der Waals surface area (Å²) >= 11 is 3.30. The minimum atomic E-state index is -0.212. The monoisotopic (exact) mass is 428 g/mol. The van der Waals surface area contributed by atoms with Gasteiger partial charge in [0.25, 0.3) is 5.56 Å². The number of unbranched alkanes of at least 4 members (excludes halogenated alkanes) is 1. The van der Waals surface area contributed by atoms with Crippen molar-refractivity contribution in [1.29, 1.82) is 0 Å². The van der Waals surface area contributed by atoms with Crippen LogP contribution in [0.3, 0.4) is 0 Å². The Balaban J connectivity index is 1.92. The predicted octanol–water partition coefficient (Wildman–Crippen LogP) is 5.89. The molecule has 1 aromatic carbocycles. The average molecular weight is 429 g/mol. The minimum Gasteiger partial charge on any atom is -0.369 e. The van der Waals surface area contributed by atoms with E-state index in [4.69, 9.17) is 9.72 Å². The van der Waals surface area contributed by atoms with E-state index in [1.54, 1.807) is 23.1 Å². The molecular weight excluding hydrogens is 400 g/mol. The molecule has 0 saturated heterocycles. The van der Waals surface area contributed by atoms with Crippen molar-refractivity contribution >= 4 is 33.3 Å². The Hall–Kier alpha value is -1.63. The first-order valence-corrected chi connectivity index (χ1v) is 12.2. The van der Waals surface area contributed by atoms with Crippen LogP contribution in [-0.2, 0) is 17.8 Å². The van der Waals surface area contributed by atoms with Gasteiger partial charge in [0.2, 0.25) is 0 Å². The maximum Gasteiger partial charge on any atom is 0.267 e. The van der Waals surface area contributed by atoms with E-state index in [1.807, 2.05) is 16.7 Å². The molecule has 0 unspecified atom stereocenters. The maximum atomic E-state index is 13.8. The Labute approximate surface area is 180 Å². The molecule has 0 aliphatic carbocycles. The molecule has 1 aliphatic rings. The second-order valence-electron chi connectivity index (χ2n) is 8.03. The van der Waals surface area contributed by atoms with Gasteiger partial charge in [-0.05, 0) is 44.4 Å². The summed E-state index contributed by atoms with van der Waals surface area (Å²) in [5.41, 5.74) is 3.05. The van der Waals surface area contributed by atoms with Gasteiger partial charge in [0.1, 0.15) is 4.83 Å². The summed E-state index contributed by atoms with van der Waals surface area (Å²) in [5, 5.41) is 1.57. The number of hydrogen-bond acceptors (Lipinski definition) is 5. The summed E-state index contributed by atoms with van der Waals surface area (Å²) < 4.78 is 7.93. The van der Waals surface area contributed by atoms with Crippen molar-refractivity contribution in [3.63, 3.8) is 0 Å². The van der Waals surface area contributed by atoms with Crippen LogP contribution in [0.15, 0.2) is 34.2 Å². The number of nitrogens with zero attached hydrogens (tertiary/aromatic N) is 2. The smallest absolute Gasteiger partial charge is 0.267 e. The molecule has 2 aromatic heterocycles. The summed E-state index contributed by atoms with van der Waals surface area (Å²) in [4.78, 5) is 20.8. The van der Waals surface area contributed by atoms with Crippen molar-refractivity contribution in [3.05, 3.63) is 50.6 Å². The molecule has 4 rings (SSSR count). The third-order valence-electron chi connectivity index (χ3n) is 5.75. The molecule has 1 atom stereocenters. The number of fused-ring (bicyclic) bond motifs is 3. The third-order valence-corrected chi connectivity index (χ3v) is 7.87. The number of ether oxygens (including phenoxy) is 1. The fourth-order valence-corrected chi connectivity index (χ4v) is 5.89. The lowest BCUT2D eigenvalue weighted by atomic mass is 9.90. The molecule has 3 heterocycles. The lowest BCUT2D eigenvalue weighted by Crippen LogP contribution is -2.34. The van der Waals surface area contributed by atoms with Crippen LogP contribution in [0.2, 0.25) is 0 Å². The summed E-state index contributed by atoms with van der Waals surface area (Å²) in [7, 11) is 0. The standard InChI is InChI=1S/C23H28N2O2S2/c1-5-7-12-28-22-24-20-19(17-13-23(4,6-2)27-14-18(17)29-20)21(26)25(22)16-10-8-15(3)9-11-16/h8-11H,5-7,12-14H2,1-4H3/t23-/m0/s1. The second kappa shape index (κ2) is 8.25. The minimum absolute atomic E-state index is 0.0516. The normalized spacial score (nSPS) is 18.9. The molecule has 0 N–H and O–H groups in total. The van der Waals surface area contributed by atoms with Crippen molar-refractivity contribution in [2.75, 3.05) is 5.75 Å². The van der Waals surface area contributed by atoms with E-state index in [-0.39, 0.29) is 11.2 Å². The third kappa shape index (κ3) is 3.90. The van der Waals surface area contributed by atoms with E-state index in [1.165, 1.54) is 5.56 Å². The van der Waals surface area contributed by atoms with E-state index in [0.717, 1.165) is 62.9 Å². The fraction of sp³-hybridized carbons (Fsp3) is 0.478. The molecule has 3 aromatic rings. The van der Waals surface area contributed by atoms with Crippen molar-refractivity contribution in [2.45, 2.75) is 70.7 Å². The highest BCUT2D eigenvalue weighted by Gasteiger charge is 2.33. The Morgan fingerprint density at radius 3 is 2.72 bits per heavy atom. The quantitative estimate of drug-likeness (QED) is 0.279. The highest BCUT2D eigenvalue weighted by Crippen LogP contribution is 2.39. The van der Waals surface area contributed by atoms with Crippen molar-refractivity contribution in [3.8, 4) is 5.69 Å². The Kier molecular flexibility index (Phi) is 5.87. The fourth-order valence-electron chi connectivity index (χ4n) is 3.65. The highest BCUT2D eigenvalue weighted by molar-refractivity contribution is 7.99. The molecule has 0 spiro atoms. The van der Waals surface area contributed by atoms with Crippen LogP contribution in [0.1, 0.15) is 56.0 Å². The summed E-state index contributed by atoms with van der Waals surface area (Å²) in [5.74, 6) is 0.961. The molecular formula is C23H28N2O2S2. The van der Waals surface area contributed by atoms with Crippen LogP contribution < -0.4 is 5.56 Å². The number of thioether (sulfide) groups is 1. The van der Waals surface area contributed by atoms with E-state index in [0.29, 0.717) is 6.61 Å². The first kappa shape index (κ1) is 20.6.